The molecule has 0 bridgehead atoms. The molecule has 0 spiro atoms. The highest BCUT2D eigenvalue weighted by Crippen LogP contribution is 2.11. The van der Waals surface area contributed by atoms with Crippen LogP contribution in [0.5, 0.6) is 0 Å². The number of thiocarbonyl (C=S) groups is 1. The lowest BCUT2D eigenvalue weighted by Gasteiger charge is -2.08. The van der Waals surface area contributed by atoms with Crippen molar-refractivity contribution in [3.05, 3.63) is 53.6 Å². The highest BCUT2D eigenvalue weighted by molar-refractivity contribution is 7.80. The normalized spacial score (nSPS) is 10.1. The Labute approximate surface area is 111 Å². The molecule has 0 radical (unpaired) electrons. The van der Waals surface area contributed by atoms with E-state index in [9.17, 15) is 0 Å². The maximum absolute atomic E-state index is 5.54. The smallest absolute Gasteiger partial charge is 0.122 e. The molecule has 0 aliphatic rings. The fourth-order valence-corrected chi connectivity index (χ4v) is 1.68. The first-order valence-corrected chi connectivity index (χ1v) is 5.98. The molecule has 0 unspecified atom stereocenters. The Balaban J connectivity index is 2.09. The second-order valence-electron chi connectivity index (χ2n) is 3.91. The van der Waals surface area contributed by atoms with E-state index in [-0.39, 0.29) is 0 Å². The molecular formula is C13H14N4S. The second kappa shape index (κ2) is 5.55. The monoisotopic (exact) mass is 258 g/mol. The summed E-state index contributed by atoms with van der Waals surface area (Å²) < 4.78 is 0. The summed E-state index contributed by atoms with van der Waals surface area (Å²) in [4.78, 5) is 8.71. The van der Waals surface area contributed by atoms with Crippen molar-refractivity contribution in [1.82, 2.24) is 9.97 Å². The van der Waals surface area contributed by atoms with Crippen molar-refractivity contribution >= 4 is 22.9 Å². The third kappa shape index (κ3) is 3.01. The van der Waals surface area contributed by atoms with Gasteiger partial charge in [0.05, 0.1) is 17.9 Å². The van der Waals surface area contributed by atoms with Gasteiger partial charge in [0.1, 0.15) is 4.99 Å². The molecule has 4 nitrogen and oxygen atoms in total. The van der Waals surface area contributed by atoms with Crippen molar-refractivity contribution in [3.8, 4) is 0 Å². The number of anilines is 1. The van der Waals surface area contributed by atoms with Crippen LogP contribution in [-0.4, -0.2) is 15.0 Å². The van der Waals surface area contributed by atoms with E-state index in [1.165, 1.54) is 0 Å². The van der Waals surface area contributed by atoms with E-state index in [1.54, 1.807) is 12.4 Å². The summed E-state index contributed by atoms with van der Waals surface area (Å²) >= 11 is 4.90. The number of pyridine rings is 2. The van der Waals surface area contributed by atoms with Crippen LogP contribution in [0.1, 0.15) is 17.0 Å². The highest BCUT2D eigenvalue weighted by Gasteiger charge is 2.01. The van der Waals surface area contributed by atoms with Crippen LogP contribution in [0.15, 0.2) is 36.7 Å². The number of hydrogen-bond acceptors (Lipinski definition) is 4. The van der Waals surface area contributed by atoms with Gasteiger partial charge in [-0.05, 0) is 30.7 Å². The first-order valence-electron chi connectivity index (χ1n) is 5.57. The SMILES string of the molecule is Cc1cccnc1CNc1ccnc(C(N)=S)c1. The fourth-order valence-electron chi connectivity index (χ4n) is 1.56. The average molecular weight is 258 g/mol. The zero-order valence-corrected chi connectivity index (χ0v) is 10.9. The van der Waals surface area contributed by atoms with Crippen molar-refractivity contribution in [3.63, 3.8) is 0 Å². The summed E-state index contributed by atoms with van der Waals surface area (Å²) in [7, 11) is 0. The Kier molecular flexibility index (Phi) is 3.84. The summed E-state index contributed by atoms with van der Waals surface area (Å²) in [6.45, 7) is 2.70. The quantitative estimate of drug-likeness (QED) is 0.822. The van der Waals surface area contributed by atoms with Gasteiger partial charge in [-0.25, -0.2) is 0 Å². The van der Waals surface area contributed by atoms with E-state index in [2.05, 4.69) is 15.3 Å². The predicted octanol–water partition coefficient (Wildman–Crippen LogP) is 2.03. The van der Waals surface area contributed by atoms with Crippen LogP contribution < -0.4 is 11.1 Å². The minimum Gasteiger partial charge on any atom is -0.388 e. The molecule has 0 aliphatic heterocycles. The van der Waals surface area contributed by atoms with Crippen molar-refractivity contribution in [2.24, 2.45) is 5.73 Å². The van der Waals surface area contributed by atoms with E-state index in [0.717, 1.165) is 16.9 Å². The highest BCUT2D eigenvalue weighted by atomic mass is 32.1. The van der Waals surface area contributed by atoms with Gasteiger partial charge in [-0.3, -0.25) is 9.97 Å². The van der Waals surface area contributed by atoms with Gasteiger partial charge >= 0.3 is 0 Å². The van der Waals surface area contributed by atoms with Gasteiger partial charge in [0.25, 0.3) is 0 Å². The number of aryl methyl sites for hydroxylation is 1. The van der Waals surface area contributed by atoms with E-state index < -0.39 is 0 Å². The molecule has 2 heterocycles. The molecule has 0 aliphatic carbocycles. The number of rotatable bonds is 4. The Morgan fingerprint density at radius 1 is 1.33 bits per heavy atom. The maximum atomic E-state index is 5.54. The van der Waals surface area contributed by atoms with Crippen LogP contribution in [0, 0.1) is 6.92 Å². The molecule has 0 saturated heterocycles. The Morgan fingerprint density at radius 3 is 2.89 bits per heavy atom. The van der Waals surface area contributed by atoms with Gasteiger partial charge in [-0.1, -0.05) is 18.3 Å². The minimum atomic E-state index is 0.299. The number of nitrogens with zero attached hydrogens (tertiary/aromatic N) is 2. The first kappa shape index (κ1) is 12.4. The largest absolute Gasteiger partial charge is 0.388 e. The molecule has 2 aromatic heterocycles. The molecule has 92 valence electrons. The Morgan fingerprint density at radius 2 is 2.17 bits per heavy atom. The molecule has 18 heavy (non-hydrogen) atoms. The first-order chi connectivity index (χ1) is 8.66. The molecule has 2 aromatic rings. The second-order valence-corrected chi connectivity index (χ2v) is 4.35. The van der Waals surface area contributed by atoms with Crippen LogP contribution in [0.4, 0.5) is 5.69 Å². The van der Waals surface area contributed by atoms with E-state index in [4.69, 9.17) is 18.0 Å². The predicted molar refractivity (Wildman–Crippen MR) is 76.4 cm³/mol. The summed E-state index contributed by atoms with van der Waals surface area (Å²) in [6.07, 6.45) is 3.47. The van der Waals surface area contributed by atoms with Crippen LogP contribution in [0.2, 0.25) is 0 Å². The Hall–Kier alpha value is -2.01. The van der Waals surface area contributed by atoms with E-state index in [0.29, 0.717) is 17.2 Å². The number of aromatic nitrogens is 2. The molecule has 0 amide bonds. The van der Waals surface area contributed by atoms with Gasteiger partial charge in [-0.15, -0.1) is 0 Å². The van der Waals surface area contributed by atoms with Crippen LogP contribution >= 0.6 is 12.2 Å². The summed E-state index contributed by atoms with van der Waals surface area (Å²) in [5.74, 6) is 0. The lowest BCUT2D eigenvalue weighted by Crippen LogP contribution is -2.12. The third-order valence-corrected chi connectivity index (χ3v) is 2.80. The maximum Gasteiger partial charge on any atom is 0.122 e. The summed E-state index contributed by atoms with van der Waals surface area (Å²) in [5, 5.41) is 3.28. The van der Waals surface area contributed by atoms with Crippen molar-refractivity contribution in [2.45, 2.75) is 13.5 Å². The standard InChI is InChI=1S/C13H14N4S/c1-9-3-2-5-15-12(9)8-17-10-4-6-16-11(7-10)13(14)18/h2-7H,8H2,1H3,(H2,14,18)(H,16,17). The van der Waals surface area contributed by atoms with Crippen LogP contribution in [0.3, 0.4) is 0 Å². The number of nitrogens with one attached hydrogen (secondary N) is 1. The molecule has 0 aromatic carbocycles. The average Bonchev–Trinajstić information content (AvgIpc) is 2.38. The summed E-state index contributed by atoms with van der Waals surface area (Å²) in [6, 6.07) is 7.67. The molecule has 0 saturated carbocycles. The van der Waals surface area contributed by atoms with Gasteiger partial charge < -0.3 is 11.1 Å². The molecule has 0 atom stereocenters. The zero-order valence-electron chi connectivity index (χ0n) is 10.1. The Bertz CT molecular complexity index is 568. The van der Waals surface area contributed by atoms with Gasteiger partial charge in [0.2, 0.25) is 0 Å². The van der Waals surface area contributed by atoms with Crippen molar-refractivity contribution in [1.29, 1.82) is 0 Å². The van der Waals surface area contributed by atoms with Crippen LogP contribution in [0.25, 0.3) is 0 Å². The number of hydrogen-bond donors (Lipinski definition) is 2. The molecule has 0 fully saturated rings. The fraction of sp³-hybridized carbons (Fsp3) is 0.154. The van der Waals surface area contributed by atoms with Gasteiger partial charge in [0.15, 0.2) is 0 Å². The third-order valence-electron chi connectivity index (χ3n) is 2.59. The van der Waals surface area contributed by atoms with E-state index >= 15 is 0 Å². The molecular weight excluding hydrogens is 244 g/mol. The molecule has 2 rings (SSSR count). The van der Waals surface area contributed by atoms with Gasteiger partial charge in [-0.2, -0.15) is 0 Å². The van der Waals surface area contributed by atoms with E-state index in [1.807, 2.05) is 31.2 Å². The minimum absolute atomic E-state index is 0.299. The zero-order chi connectivity index (χ0) is 13.0. The lowest BCUT2D eigenvalue weighted by molar-refractivity contribution is 1.02. The summed E-state index contributed by atoms with van der Waals surface area (Å²) in [5.41, 5.74) is 9.27. The molecule has 5 heteroatoms. The van der Waals surface area contributed by atoms with Crippen molar-refractivity contribution in [2.75, 3.05) is 5.32 Å². The van der Waals surface area contributed by atoms with Crippen molar-refractivity contribution < 1.29 is 0 Å². The number of nitrogens with two attached hydrogens (primary N) is 1. The lowest BCUT2D eigenvalue weighted by atomic mass is 10.2. The molecule has 3 N–H and O–H groups in total. The van der Waals surface area contributed by atoms with Gasteiger partial charge in [0, 0.05) is 18.1 Å². The van der Waals surface area contributed by atoms with Crippen LogP contribution in [-0.2, 0) is 6.54 Å². The topological polar surface area (TPSA) is 63.8 Å².